The van der Waals surface area contributed by atoms with Crippen molar-refractivity contribution in [2.75, 3.05) is 40.0 Å². The summed E-state index contributed by atoms with van der Waals surface area (Å²) in [5.41, 5.74) is 0. The Morgan fingerprint density at radius 3 is 2.82 bits per heavy atom. The van der Waals surface area contributed by atoms with Gasteiger partial charge in [0, 0.05) is 26.8 Å². The highest BCUT2D eigenvalue weighted by atomic mass is 16.5. The van der Waals surface area contributed by atoms with Crippen LogP contribution in [-0.2, 0) is 19.1 Å². The summed E-state index contributed by atoms with van der Waals surface area (Å²) in [6, 6.07) is 0. The van der Waals surface area contributed by atoms with E-state index in [1.54, 1.807) is 12.0 Å². The lowest BCUT2D eigenvalue weighted by Crippen LogP contribution is -2.31. The van der Waals surface area contributed by atoms with E-state index in [0.717, 1.165) is 6.42 Å². The summed E-state index contributed by atoms with van der Waals surface area (Å²) >= 11 is 0. The van der Waals surface area contributed by atoms with E-state index < -0.39 is 11.9 Å². The van der Waals surface area contributed by atoms with E-state index >= 15 is 0 Å². The smallest absolute Gasteiger partial charge is 0.316 e. The molecule has 98 valence electrons. The zero-order valence-corrected chi connectivity index (χ0v) is 10.1. The summed E-state index contributed by atoms with van der Waals surface area (Å²) in [5.74, 6) is -2.13. The van der Waals surface area contributed by atoms with Gasteiger partial charge in [0.1, 0.15) is 5.92 Å². The molecule has 1 fully saturated rings. The minimum Gasteiger partial charge on any atom is -0.481 e. The summed E-state index contributed by atoms with van der Waals surface area (Å²) in [5, 5.41) is 8.78. The number of aliphatic carboxylic acids is 1. The molecule has 0 aromatic carbocycles. The topological polar surface area (TPSA) is 76.1 Å². The molecule has 1 rings (SSSR count). The molecule has 1 atom stereocenters. The number of likely N-dealkylation sites (tertiary alicyclic amines) is 1. The van der Waals surface area contributed by atoms with E-state index in [9.17, 15) is 9.59 Å². The first-order valence-electron chi connectivity index (χ1n) is 5.75. The van der Waals surface area contributed by atoms with Crippen molar-refractivity contribution in [2.45, 2.75) is 12.8 Å². The predicted octanol–water partition coefficient (Wildman–Crippen LogP) is -0.0274. The molecule has 1 heterocycles. The van der Waals surface area contributed by atoms with Gasteiger partial charge >= 0.3 is 5.97 Å². The lowest BCUT2D eigenvalue weighted by Gasteiger charge is -2.15. The van der Waals surface area contributed by atoms with Crippen LogP contribution in [0.2, 0.25) is 0 Å². The third-order valence-electron chi connectivity index (χ3n) is 2.74. The highest BCUT2D eigenvalue weighted by Crippen LogP contribution is 2.18. The Hall–Kier alpha value is -1.14. The molecule has 0 aromatic rings. The van der Waals surface area contributed by atoms with E-state index in [-0.39, 0.29) is 5.91 Å². The normalized spacial score (nSPS) is 19.9. The number of hydrogen-bond donors (Lipinski definition) is 1. The number of carboxylic acid groups (broad SMARTS) is 1. The summed E-state index contributed by atoms with van der Waals surface area (Å²) in [4.78, 5) is 23.9. The molecule has 1 unspecified atom stereocenters. The molecule has 0 aliphatic carbocycles. The fourth-order valence-corrected chi connectivity index (χ4v) is 1.79. The lowest BCUT2D eigenvalue weighted by molar-refractivity contribution is -0.147. The van der Waals surface area contributed by atoms with E-state index in [1.807, 2.05) is 0 Å². The molecule has 0 bridgehead atoms. The third-order valence-corrected chi connectivity index (χ3v) is 2.74. The van der Waals surface area contributed by atoms with Crippen LogP contribution in [0.4, 0.5) is 0 Å². The lowest BCUT2D eigenvalue weighted by atomic mass is 10.1. The van der Waals surface area contributed by atoms with Gasteiger partial charge in [-0.25, -0.2) is 0 Å². The number of hydrogen-bond acceptors (Lipinski definition) is 4. The zero-order valence-electron chi connectivity index (χ0n) is 10.1. The van der Waals surface area contributed by atoms with E-state index in [1.165, 1.54) is 0 Å². The van der Waals surface area contributed by atoms with Crippen molar-refractivity contribution in [3.63, 3.8) is 0 Å². The summed E-state index contributed by atoms with van der Waals surface area (Å²) in [6.07, 6.45) is 1.14. The Labute approximate surface area is 100 Å². The molecule has 0 saturated carbocycles. The van der Waals surface area contributed by atoms with Crippen LogP contribution in [0.5, 0.6) is 0 Å². The minimum absolute atomic E-state index is 0.269. The Bertz CT molecular complexity index is 269. The zero-order chi connectivity index (χ0) is 12.7. The van der Waals surface area contributed by atoms with E-state index in [2.05, 4.69) is 0 Å². The number of carbonyl (C=O) groups excluding carboxylic acids is 1. The molecule has 1 N–H and O–H groups in total. The Morgan fingerprint density at radius 1 is 1.47 bits per heavy atom. The Morgan fingerprint density at radius 2 is 2.24 bits per heavy atom. The number of ether oxygens (including phenoxy) is 2. The molecule has 1 aliphatic heterocycles. The molecule has 6 nitrogen and oxygen atoms in total. The van der Waals surface area contributed by atoms with Gasteiger partial charge in [-0.2, -0.15) is 0 Å². The molecule has 0 spiro atoms. The largest absolute Gasteiger partial charge is 0.481 e. The fraction of sp³-hybridized carbons (Fsp3) is 0.818. The van der Waals surface area contributed by atoms with Gasteiger partial charge in [0.05, 0.1) is 13.2 Å². The van der Waals surface area contributed by atoms with Crippen LogP contribution in [0.1, 0.15) is 12.8 Å². The van der Waals surface area contributed by atoms with Crippen LogP contribution in [0, 0.1) is 5.92 Å². The molecule has 1 saturated heterocycles. The van der Waals surface area contributed by atoms with Crippen LogP contribution in [0.25, 0.3) is 0 Å². The molecule has 1 aliphatic rings. The Kier molecular flexibility index (Phi) is 5.93. The molecular formula is C11H19NO5. The van der Waals surface area contributed by atoms with Gasteiger partial charge in [-0.15, -0.1) is 0 Å². The summed E-state index contributed by atoms with van der Waals surface area (Å²) in [7, 11) is 1.61. The fourth-order valence-electron chi connectivity index (χ4n) is 1.79. The van der Waals surface area contributed by atoms with E-state index in [0.29, 0.717) is 39.3 Å². The van der Waals surface area contributed by atoms with E-state index in [4.69, 9.17) is 14.6 Å². The first kappa shape index (κ1) is 13.9. The van der Waals surface area contributed by atoms with Crippen molar-refractivity contribution in [2.24, 2.45) is 5.92 Å². The molecule has 1 amide bonds. The number of rotatable bonds is 8. The number of nitrogens with zero attached hydrogens (tertiary/aromatic N) is 1. The standard InChI is InChI=1S/C11H19NO5/c1-16-7-8-17-6-2-4-12-5-3-9(10(12)13)11(14)15/h9H,2-8H2,1H3,(H,14,15). The van der Waals surface area contributed by atoms with Crippen LogP contribution in [0.15, 0.2) is 0 Å². The van der Waals surface area contributed by atoms with Crippen molar-refractivity contribution in [3.05, 3.63) is 0 Å². The maximum atomic E-state index is 11.6. The molecular weight excluding hydrogens is 226 g/mol. The van der Waals surface area contributed by atoms with Crippen LogP contribution < -0.4 is 0 Å². The third kappa shape index (κ3) is 4.32. The summed E-state index contributed by atoms with van der Waals surface area (Å²) < 4.78 is 10.1. The van der Waals surface area contributed by atoms with Crippen molar-refractivity contribution >= 4 is 11.9 Å². The van der Waals surface area contributed by atoms with Gasteiger partial charge in [0.2, 0.25) is 5.91 Å². The quantitative estimate of drug-likeness (QED) is 0.480. The van der Waals surface area contributed by atoms with Gasteiger partial charge < -0.3 is 19.5 Å². The number of amides is 1. The highest BCUT2D eigenvalue weighted by Gasteiger charge is 2.36. The maximum absolute atomic E-state index is 11.6. The van der Waals surface area contributed by atoms with Crippen molar-refractivity contribution in [1.82, 2.24) is 4.90 Å². The second kappa shape index (κ2) is 7.24. The van der Waals surface area contributed by atoms with Crippen molar-refractivity contribution < 1.29 is 24.2 Å². The predicted molar refractivity (Wildman–Crippen MR) is 59.6 cm³/mol. The summed E-state index contributed by atoms with van der Waals surface area (Å²) in [6.45, 7) is 2.76. The average Bonchev–Trinajstić information content (AvgIpc) is 2.65. The van der Waals surface area contributed by atoms with Gasteiger partial charge in [0.15, 0.2) is 0 Å². The second-order valence-electron chi connectivity index (χ2n) is 3.96. The number of carboxylic acids is 1. The SMILES string of the molecule is COCCOCCCN1CCC(C(=O)O)C1=O. The van der Waals surface area contributed by atoms with Gasteiger partial charge in [-0.1, -0.05) is 0 Å². The minimum atomic E-state index is -1.02. The van der Waals surface area contributed by atoms with Crippen LogP contribution in [0.3, 0.4) is 0 Å². The first-order valence-corrected chi connectivity index (χ1v) is 5.75. The molecule has 0 aromatic heterocycles. The first-order chi connectivity index (χ1) is 8.16. The maximum Gasteiger partial charge on any atom is 0.316 e. The molecule has 6 heteroatoms. The number of methoxy groups -OCH3 is 1. The van der Waals surface area contributed by atoms with Crippen LogP contribution in [-0.4, -0.2) is 61.9 Å². The monoisotopic (exact) mass is 245 g/mol. The molecule has 0 radical (unpaired) electrons. The van der Waals surface area contributed by atoms with Crippen molar-refractivity contribution in [1.29, 1.82) is 0 Å². The number of carbonyl (C=O) groups is 2. The average molecular weight is 245 g/mol. The van der Waals surface area contributed by atoms with Crippen LogP contribution >= 0.6 is 0 Å². The van der Waals surface area contributed by atoms with Gasteiger partial charge in [-0.05, 0) is 12.8 Å². The Balaban J connectivity index is 2.12. The highest BCUT2D eigenvalue weighted by molar-refractivity contribution is 5.98. The van der Waals surface area contributed by atoms with Gasteiger partial charge in [0.25, 0.3) is 0 Å². The molecule has 17 heavy (non-hydrogen) atoms. The second-order valence-corrected chi connectivity index (χ2v) is 3.96. The van der Waals surface area contributed by atoms with Crippen molar-refractivity contribution in [3.8, 4) is 0 Å². The van der Waals surface area contributed by atoms with Gasteiger partial charge in [-0.3, -0.25) is 9.59 Å².